The Balaban J connectivity index is 1.48. The lowest BCUT2D eigenvalue weighted by atomic mass is 10.1. The minimum Gasteiger partial charge on any atom is -0.454 e. The van der Waals surface area contributed by atoms with E-state index in [0.29, 0.717) is 6.54 Å². The molecule has 0 spiro atoms. The monoisotopic (exact) mass is 361 g/mol. The zero-order valence-corrected chi connectivity index (χ0v) is 14.9. The third kappa shape index (κ3) is 4.00. The molecular formula is C21H19N3O3. The molecule has 27 heavy (non-hydrogen) atoms. The number of ether oxygens (including phenoxy) is 2. The predicted octanol–water partition coefficient (Wildman–Crippen LogP) is 4.05. The van der Waals surface area contributed by atoms with E-state index < -0.39 is 0 Å². The number of fused-ring (bicyclic) bond motifs is 1. The molecular weight excluding hydrogens is 342 g/mol. The van der Waals surface area contributed by atoms with E-state index in [9.17, 15) is 4.79 Å². The average Bonchev–Trinajstić information content (AvgIpc) is 3.14. The van der Waals surface area contributed by atoms with Crippen molar-refractivity contribution in [2.24, 2.45) is 0 Å². The highest BCUT2D eigenvalue weighted by Gasteiger charge is 2.13. The summed E-state index contributed by atoms with van der Waals surface area (Å²) in [5.74, 6) is 1.46. The number of benzene rings is 2. The second kappa shape index (κ2) is 7.37. The number of amides is 1. The molecule has 6 nitrogen and oxygen atoms in total. The normalized spacial score (nSPS) is 11.9. The van der Waals surface area contributed by atoms with Crippen molar-refractivity contribution >= 4 is 17.3 Å². The molecule has 1 aliphatic rings. The van der Waals surface area contributed by atoms with Crippen LogP contribution in [0.3, 0.4) is 0 Å². The minimum atomic E-state index is -0.0931. The second-order valence-corrected chi connectivity index (χ2v) is 6.27. The quantitative estimate of drug-likeness (QED) is 0.717. The zero-order chi connectivity index (χ0) is 18.6. The van der Waals surface area contributed by atoms with Crippen LogP contribution in [0.4, 0.5) is 11.4 Å². The van der Waals surface area contributed by atoms with E-state index in [4.69, 9.17) is 9.47 Å². The first-order valence-electron chi connectivity index (χ1n) is 8.63. The Bertz CT molecular complexity index is 988. The van der Waals surface area contributed by atoms with Gasteiger partial charge in [-0.15, -0.1) is 0 Å². The van der Waals surface area contributed by atoms with Gasteiger partial charge in [-0.3, -0.25) is 9.78 Å². The fourth-order valence-corrected chi connectivity index (χ4v) is 2.93. The molecule has 0 atom stereocenters. The van der Waals surface area contributed by atoms with Crippen LogP contribution in [0.5, 0.6) is 11.5 Å². The molecule has 1 aliphatic heterocycles. The Morgan fingerprint density at radius 3 is 2.74 bits per heavy atom. The predicted molar refractivity (Wildman–Crippen MR) is 104 cm³/mol. The molecule has 0 aliphatic carbocycles. The topological polar surface area (TPSA) is 72.5 Å². The number of rotatable bonds is 5. The Labute approximate surface area is 157 Å². The number of nitrogens with one attached hydrogen (secondary N) is 2. The molecule has 0 unspecified atom stereocenters. The molecule has 136 valence electrons. The summed E-state index contributed by atoms with van der Waals surface area (Å²) in [7, 11) is 0. The number of anilines is 2. The smallest absolute Gasteiger partial charge is 0.231 e. The van der Waals surface area contributed by atoms with E-state index >= 15 is 0 Å². The lowest BCUT2D eigenvalue weighted by Crippen LogP contribution is -2.05. The van der Waals surface area contributed by atoms with Crippen LogP contribution < -0.4 is 20.1 Å². The van der Waals surface area contributed by atoms with Gasteiger partial charge in [0.1, 0.15) is 0 Å². The summed E-state index contributed by atoms with van der Waals surface area (Å²) >= 11 is 0. The van der Waals surface area contributed by atoms with Crippen LogP contribution in [0.25, 0.3) is 11.1 Å². The van der Waals surface area contributed by atoms with Crippen LogP contribution in [0, 0.1) is 0 Å². The average molecular weight is 361 g/mol. The van der Waals surface area contributed by atoms with Gasteiger partial charge in [-0.25, -0.2) is 0 Å². The Kier molecular flexibility index (Phi) is 4.61. The van der Waals surface area contributed by atoms with Gasteiger partial charge < -0.3 is 20.1 Å². The standard InChI is InChI=1S/C21H19N3O3/c1-14(25)24-18-4-2-3-16(8-18)17-9-19(12-22-11-17)23-10-15-5-6-20-21(7-15)27-13-26-20/h2-9,11-12,23H,10,13H2,1H3,(H,24,25). The number of hydrogen-bond donors (Lipinski definition) is 2. The SMILES string of the molecule is CC(=O)Nc1cccc(-c2cncc(NCc3ccc4c(c3)OCO4)c2)c1. The largest absolute Gasteiger partial charge is 0.454 e. The minimum absolute atomic E-state index is 0.0931. The molecule has 1 aromatic heterocycles. The Morgan fingerprint density at radius 1 is 1.00 bits per heavy atom. The third-order valence-corrected chi connectivity index (χ3v) is 4.19. The van der Waals surface area contributed by atoms with Gasteiger partial charge in [0, 0.05) is 37.1 Å². The fourth-order valence-electron chi connectivity index (χ4n) is 2.93. The van der Waals surface area contributed by atoms with E-state index in [1.165, 1.54) is 6.92 Å². The number of nitrogens with zero attached hydrogens (tertiary/aromatic N) is 1. The van der Waals surface area contributed by atoms with E-state index in [2.05, 4.69) is 15.6 Å². The highest BCUT2D eigenvalue weighted by atomic mass is 16.7. The van der Waals surface area contributed by atoms with Crippen molar-refractivity contribution in [2.75, 3.05) is 17.4 Å². The van der Waals surface area contributed by atoms with E-state index in [-0.39, 0.29) is 12.7 Å². The maximum Gasteiger partial charge on any atom is 0.231 e. The first-order valence-corrected chi connectivity index (χ1v) is 8.63. The molecule has 6 heteroatoms. The molecule has 1 amide bonds. The lowest BCUT2D eigenvalue weighted by molar-refractivity contribution is -0.114. The fraction of sp³-hybridized carbons (Fsp3) is 0.143. The Hall–Kier alpha value is -3.54. The van der Waals surface area contributed by atoms with E-state index in [1.807, 2.05) is 48.5 Å². The highest BCUT2D eigenvalue weighted by molar-refractivity contribution is 5.89. The van der Waals surface area contributed by atoms with Crippen molar-refractivity contribution in [1.29, 1.82) is 0 Å². The molecule has 2 heterocycles. The summed E-state index contributed by atoms with van der Waals surface area (Å²) < 4.78 is 10.8. The maximum atomic E-state index is 11.3. The van der Waals surface area contributed by atoms with Gasteiger partial charge >= 0.3 is 0 Å². The van der Waals surface area contributed by atoms with Gasteiger partial charge in [0.15, 0.2) is 11.5 Å². The molecule has 0 saturated heterocycles. The molecule has 0 bridgehead atoms. The number of pyridine rings is 1. The van der Waals surface area contributed by atoms with Gasteiger partial charge in [-0.2, -0.15) is 0 Å². The highest BCUT2D eigenvalue weighted by Crippen LogP contribution is 2.32. The van der Waals surface area contributed by atoms with Crippen molar-refractivity contribution in [3.63, 3.8) is 0 Å². The van der Waals surface area contributed by atoms with Gasteiger partial charge in [0.25, 0.3) is 0 Å². The summed E-state index contributed by atoms with van der Waals surface area (Å²) in [6.07, 6.45) is 3.59. The van der Waals surface area contributed by atoms with Crippen molar-refractivity contribution < 1.29 is 14.3 Å². The van der Waals surface area contributed by atoms with Crippen LogP contribution >= 0.6 is 0 Å². The van der Waals surface area contributed by atoms with Gasteiger partial charge in [-0.1, -0.05) is 18.2 Å². The lowest BCUT2D eigenvalue weighted by Gasteiger charge is -2.10. The van der Waals surface area contributed by atoms with Crippen LogP contribution in [0.15, 0.2) is 60.9 Å². The van der Waals surface area contributed by atoms with Crippen molar-refractivity contribution in [3.8, 4) is 22.6 Å². The van der Waals surface area contributed by atoms with E-state index in [1.54, 1.807) is 12.4 Å². The van der Waals surface area contributed by atoms with Crippen LogP contribution in [-0.4, -0.2) is 17.7 Å². The molecule has 2 N–H and O–H groups in total. The maximum absolute atomic E-state index is 11.3. The molecule has 0 radical (unpaired) electrons. The van der Waals surface area contributed by atoms with Gasteiger partial charge in [0.2, 0.25) is 12.7 Å². The number of carbonyl (C=O) groups excluding carboxylic acids is 1. The summed E-state index contributed by atoms with van der Waals surface area (Å²) in [4.78, 5) is 15.6. The zero-order valence-electron chi connectivity index (χ0n) is 14.9. The first kappa shape index (κ1) is 16.9. The van der Waals surface area contributed by atoms with Crippen molar-refractivity contribution in [3.05, 3.63) is 66.5 Å². The molecule has 2 aromatic carbocycles. The molecule has 0 fully saturated rings. The Morgan fingerprint density at radius 2 is 1.85 bits per heavy atom. The summed E-state index contributed by atoms with van der Waals surface area (Å²) in [5, 5.41) is 6.18. The molecule has 0 saturated carbocycles. The summed E-state index contributed by atoms with van der Waals surface area (Å²) in [5.41, 5.74) is 4.73. The second-order valence-electron chi connectivity index (χ2n) is 6.27. The summed E-state index contributed by atoms with van der Waals surface area (Å²) in [6, 6.07) is 15.6. The van der Waals surface area contributed by atoms with Crippen LogP contribution in [0.1, 0.15) is 12.5 Å². The number of aromatic nitrogens is 1. The van der Waals surface area contributed by atoms with E-state index in [0.717, 1.165) is 39.6 Å². The number of carbonyl (C=O) groups is 1. The molecule has 4 rings (SSSR count). The third-order valence-electron chi connectivity index (χ3n) is 4.19. The van der Waals surface area contributed by atoms with Crippen molar-refractivity contribution in [1.82, 2.24) is 4.98 Å². The molecule has 3 aromatic rings. The van der Waals surface area contributed by atoms with Crippen LogP contribution in [0.2, 0.25) is 0 Å². The number of hydrogen-bond acceptors (Lipinski definition) is 5. The van der Waals surface area contributed by atoms with Crippen molar-refractivity contribution in [2.45, 2.75) is 13.5 Å². The van der Waals surface area contributed by atoms with Gasteiger partial charge in [-0.05, 0) is 41.5 Å². The van der Waals surface area contributed by atoms with Crippen LogP contribution in [-0.2, 0) is 11.3 Å². The van der Waals surface area contributed by atoms with Gasteiger partial charge in [0.05, 0.1) is 5.69 Å². The first-order chi connectivity index (χ1) is 13.2. The summed E-state index contributed by atoms with van der Waals surface area (Å²) in [6.45, 7) is 2.42.